The van der Waals surface area contributed by atoms with E-state index >= 15 is 0 Å². The smallest absolute Gasteiger partial charge is 0.226 e. The van der Waals surface area contributed by atoms with Crippen LogP contribution in [0.15, 0.2) is 24.3 Å². The number of alkyl halides is 2. The van der Waals surface area contributed by atoms with Gasteiger partial charge in [0.05, 0.1) is 5.92 Å². The van der Waals surface area contributed by atoms with Crippen LogP contribution in [0.5, 0.6) is 0 Å². The summed E-state index contributed by atoms with van der Waals surface area (Å²) in [7, 11) is 4.05. The molecule has 1 aromatic rings. The van der Waals surface area contributed by atoms with E-state index < -0.39 is 4.33 Å². The van der Waals surface area contributed by atoms with Crippen LogP contribution in [0.1, 0.15) is 17.5 Å². The van der Waals surface area contributed by atoms with Crippen LogP contribution >= 0.6 is 23.2 Å². The summed E-state index contributed by atoms with van der Waals surface area (Å²) in [4.78, 5) is 13.9. The molecule has 1 amide bonds. The van der Waals surface area contributed by atoms with E-state index in [-0.39, 0.29) is 11.8 Å². The van der Waals surface area contributed by atoms with E-state index in [0.29, 0.717) is 13.0 Å². The maximum absolute atomic E-state index is 11.8. The van der Waals surface area contributed by atoms with E-state index in [2.05, 4.69) is 16.3 Å². The van der Waals surface area contributed by atoms with E-state index in [0.717, 1.165) is 12.1 Å². The minimum atomic E-state index is -0.854. The third kappa shape index (κ3) is 3.85. The molecule has 1 unspecified atom stereocenters. The monoisotopic (exact) mass is 300 g/mol. The lowest BCUT2D eigenvalue weighted by Gasteiger charge is -2.14. The third-order valence-corrected chi connectivity index (χ3v) is 4.04. The van der Waals surface area contributed by atoms with Gasteiger partial charge in [-0.3, -0.25) is 4.79 Å². The molecular formula is C14H18Cl2N2O. The van der Waals surface area contributed by atoms with Gasteiger partial charge < -0.3 is 10.2 Å². The molecule has 0 spiro atoms. The van der Waals surface area contributed by atoms with E-state index in [9.17, 15) is 4.79 Å². The first-order valence-electron chi connectivity index (χ1n) is 6.27. The van der Waals surface area contributed by atoms with Gasteiger partial charge in [0.2, 0.25) is 5.91 Å². The van der Waals surface area contributed by atoms with Gasteiger partial charge in [0.15, 0.2) is 0 Å². The molecule has 5 heteroatoms. The van der Waals surface area contributed by atoms with Crippen molar-refractivity contribution < 1.29 is 4.79 Å². The number of carbonyl (C=O) groups excluding carboxylic acids is 1. The SMILES string of the molecule is CN(C)Cc1ccccc1CNC(=O)C1CC1(Cl)Cl. The van der Waals surface area contributed by atoms with Crippen molar-refractivity contribution >= 4 is 29.1 Å². The Balaban J connectivity index is 1.94. The molecule has 3 nitrogen and oxygen atoms in total. The Morgan fingerprint density at radius 1 is 1.37 bits per heavy atom. The molecule has 1 aliphatic rings. The molecule has 1 aromatic carbocycles. The topological polar surface area (TPSA) is 32.3 Å². The predicted molar refractivity (Wildman–Crippen MR) is 78.2 cm³/mol. The van der Waals surface area contributed by atoms with Crippen molar-refractivity contribution in [1.29, 1.82) is 0 Å². The fourth-order valence-electron chi connectivity index (χ4n) is 2.03. The number of hydrogen-bond acceptors (Lipinski definition) is 2. The first-order chi connectivity index (χ1) is 8.90. The van der Waals surface area contributed by atoms with Crippen LogP contribution in [-0.2, 0) is 17.9 Å². The fourth-order valence-corrected chi connectivity index (χ4v) is 2.53. The Morgan fingerprint density at radius 2 is 1.95 bits per heavy atom. The summed E-state index contributed by atoms with van der Waals surface area (Å²) < 4.78 is -0.854. The highest BCUT2D eigenvalue weighted by atomic mass is 35.5. The summed E-state index contributed by atoms with van der Waals surface area (Å²) in [5.41, 5.74) is 2.34. The lowest BCUT2D eigenvalue weighted by molar-refractivity contribution is -0.122. The summed E-state index contributed by atoms with van der Waals surface area (Å²) in [6.45, 7) is 1.37. The average molecular weight is 301 g/mol. The zero-order valence-electron chi connectivity index (χ0n) is 11.1. The average Bonchev–Trinajstić information content (AvgIpc) is 2.96. The normalized spacial score (nSPS) is 20.4. The molecule has 2 rings (SSSR count). The van der Waals surface area contributed by atoms with Crippen LogP contribution in [0.25, 0.3) is 0 Å². The van der Waals surface area contributed by atoms with Crippen LogP contribution in [0.2, 0.25) is 0 Å². The van der Waals surface area contributed by atoms with Crippen molar-refractivity contribution in [3.05, 3.63) is 35.4 Å². The van der Waals surface area contributed by atoms with Gasteiger partial charge in [-0.1, -0.05) is 24.3 Å². The molecule has 0 aliphatic heterocycles. The second-order valence-corrected chi connectivity index (χ2v) is 6.78. The van der Waals surface area contributed by atoms with E-state index in [1.165, 1.54) is 5.56 Å². The second-order valence-electron chi connectivity index (χ2n) is 5.24. The Kier molecular flexibility index (Phi) is 4.39. The number of amides is 1. The number of nitrogens with one attached hydrogen (secondary N) is 1. The molecule has 19 heavy (non-hydrogen) atoms. The first kappa shape index (κ1) is 14.6. The predicted octanol–water partition coefficient (Wildman–Crippen LogP) is 2.56. The number of carbonyl (C=O) groups is 1. The number of halogens is 2. The molecule has 0 aromatic heterocycles. The molecular weight excluding hydrogens is 283 g/mol. The number of nitrogens with zero attached hydrogens (tertiary/aromatic N) is 1. The molecule has 0 radical (unpaired) electrons. The van der Waals surface area contributed by atoms with Gasteiger partial charge in [0, 0.05) is 13.1 Å². The quantitative estimate of drug-likeness (QED) is 0.848. The van der Waals surface area contributed by atoms with Gasteiger partial charge in [-0.25, -0.2) is 0 Å². The highest BCUT2D eigenvalue weighted by Gasteiger charge is 2.56. The van der Waals surface area contributed by atoms with Crippen molar-refractivity contribution in [2.24, 2.45) is 5.92 Å². The summed E-state index contributed by atoms with van der Waals surface area (Å²) in [5.74, 6) is -0.332. The molecule has 104 valence electrons. The first-order valence-corrected chi connectivity index (χ1v) is 7.03. The van der Waals surface area contributed by atoms with E-state index in [4.69, 9.17) is 23.2 Å². The fraction of sp³-hybridized carbons (Fsp3) is 0.500. The largest absolute Gasteiger partial charge is 0.352 e. The molecule has 1 N–H and O–H groups in total. The van der Waals surface area contributed by atoms with Crippen molar-refractivity contribution in [2.75, 3.05) is 14.1 Å². The maximum atomic E-state index is 11.8. The Morgan fingerprint density at radius 3 is 2.47 bits per heavy atom. The van der Waals surface area contributed by atoms with Crippen LogP contribution in [-0.4, -0.2) is 29.2 Å². The number of hydrogen-bond donors (Lipinski definition) is 1. The van der Waals surface area contributed by atoms with Crippen molar-refractivity contribution in [3.8, 4) is 0 Å². The zero-order valence-corrected chi connectivity index (χ0v) is 12.6. The van der Waals surface area contributed by atoms with Crippen LogP contribution < -0.4 is 5.32 Å². The Hall–Kier alpha value is -0.770. The third-order valence-electron chi connectivity index (χ3n) is 3.20. The summed E-state index contributed by atoms with van der Waals surface area (Å²) in [6, 6.07) is 8.09. The van der Waals surface area contributed by atoms with Crippen molar-refractivity contribution in [3.63, 3.8) is 0 Å². The van der Waals surface area contributed by atoms with Crippen molar-refractivity contribution in [2.45, 2.75) is 23.8 Å². The van der Waals surface area contributed by atoms with Crippen LogP contribution in [0.3, 0.4) is 0 Å². The van der Waals surface area contributed by atoms with E-state index in [1.807, 2.05) is 32.3 Å². The van der Waals surface area contributed by atoms with Gasteiger partial charge in [0.1, 0.15) is 4.33 Å². The van der Waals surface area contributed by atoms with Gasteiger partial charge >= 0.3 is 0 Å². The highest BCUT2D eigenvalue weighted by molar-refractivity contribution is 6.52. The molecule has 1 saturated carbocycles. The van der Waals surface area contributed by atoms with Crippen LogP contribution in [0.4, 0.5) is 0 Å². The van der Waals surface area contributed by atoms with E-state index in [1.54, 1.807) is 0 Å². The minimum absolute atomic E-state index is 0.0651. The summed E-state index contributed by atoms with van der Waals surface area (Å²) >= 11 is 11.8. The number of benzene rings is 1. The molecule has 0 bridgehead atoms. The molecule has 1 fully saturated rings. The van der Waals surface area contributed by atoms with Gasteiger partial charge in [-0.2, -0.15) is 0 Å². The summed E-state index contributed by atoms with van der Waals surface area (Å²) in [6.07, 6.45) is 0.543. The molecule has 0 saturated heterocycles. The lowest BCUT2D eigenvalue weighted by atomic mass is 10.1. The summed E-state index contributed by atoms with van der Waals surface area (Å²) in [5, 5.41) is 2.90. The Bertz CT molecular complexity index is 474. The number of rotatable bonds is 5. The molecule has 1 aliphatic carbocycles. The second kappa shape index (κ2) is 5.70. The highest BCUT2D eigenvalue weighted by Crippen LogP contribution is 2.53. The molecule has 0 heterocycles. The molecule has 1 atom stereocenters. The van der Waals surface area contributed by atoms with Gasteiger partial charge in [0.25, 0.3) is 0 Å². The van der Waals surface area contributed by atoms with Crippen molar-refractivity contribution in [1.82, 2.24) is 10.2 Å². The zero-order chi connectivity index (χ0) is 14.0. The lowest BCUT2D eigenvalue weighted by Crippen LogP contribution is -2.27. The Labute approximate surface area is 123 Å². The maximum Gasteiger partial charge on any atom is 0.226 e. The van der Waals surface area contributed by atoms with Crippen LogP contribution in [0, 0.1) is 5.92 Å². The minimum Gasteiger partial charge on any atom is -0.352 e. The van der Waals surface area contributed by atoms with Gasteiger partial charge in [-0.15, -0.1) is 23.2 Å². The standard InChI is InChI=1S/C14H18Cl2N2O/c1-18(2)9-11-6-4-3-5-10(11)8-17-13(19)12-7-14(12,15)16/h3-6,12H,7-9H2,1-2H3,(H,17,19). The van der Waals surface area contributed by atoms with Gasteiger partial charge in [-0.05, 0) is 31.6 Å².